The molecule has 0 unspecified atom stereocenters. The maximum absolute atomic E-state index is 12.1. The van der Waals surface area contributed by atoms with Gasteiger partial charge in [0.2, 0.25) is 5.91 Å². The number of halogens is 1. The average Bonchev–Trinajstić information content (AvgIpc) is 3.01. The molecule has 2 N–H and O–H groups in total. The molecular formula is C15H12ClN3O3S2. The second-order valence-corrected chi connectivity index (χ2v) is 8.52. The van der Waals surface area contributed by atoms with Crippen LogP contribution in [0.4, 0.5) is 5.69 Å². The number of carbonyl (C=O) groups is 1. The van der Waals surface area contributed by atoms with E-state index in [0.29, 0.717) is 15.5 Å². The normalized spacial score (nSPS) is 11.5. The zero-order valence-electron chi connectivity index (χ0n) is 12.2. The molecule has 6 nitrogen and oxygen atoms in total. The third-order valence-electron chi connectivity index (χ3n) is 3.14. The van der Waals surface area contributed by atoms with Gasteiger partial charge in [0.25, 0.3) is 10.0 Å². The highest BCUT2D eigenvalue weighted by Crippen LogP contribution is 2.25. The minimum Gasteiger partial charge on any atom is -0.323 e. The standard InChI is InChI=1S/C15H12ClN3O3S2/c16-12-6-7-14(23-12)24(21,22)18-9-13(20)19-11-5-1-3-10-4-2-8-17-15(10)11/h1-8,18H,9H2,(H,19,20). The largest absolute Gasteiger partial charge is 0.323 e. The number of amides is 1. The van der Waals surface area contributed by atoms with Crippen molar-refractivity contribution in [3.8, 4) is 0 Å². The van der Waals surface area contributed by atoms with Crippen molar-refractivity contribution in [3.05, 3.63) is 53.0 Å². The summed E-state index contributed by atoms with van der Waals surface area (Å²) in [6.07, 6.45) is 1.63. The fourth-order valence-electron chi connectivity index (χ4n) is 2.07. The van der Waals surface area contributed by atoms with Crippen LogP contribution in [0.1, 0.15) is 0 Å². The Morgan fingerprint density at radius 2 is 1.96 bits per heavy atom. The first-order valence-corrected chi connectivity index (χ1v) is 9.52. The molecule has 0 aliphatic carbocycles. The third kappa shape index (κ3) is 3.73. The molecule has 0 saturated heterocycles. The summed E-state index contributed by atoms with van der Waals surface area (Å²) in [5.41, 5.74) is 1.16. The molecule has 2 heterocycles. The van der Waals surface area contributed by atoms with Crippen molar-refractivity contribution in [2.24, 2.45) is 0 Å². The van der Waals surface area contributed by atoms with Crippen LogP contribution < -0.4 is 10.0 Å². The fraction of sp³-hybridized carbons (Fsp3) is 0.0667. The molecule has 124 valence electrons. The molecule has 0 aliphatic heterocycles. The molecule has 0 spiro atoms. The van der Waals surface area contributed by atoms with Crippen molar-refractivity contribution in [1.29, 1.82) is 0 Å². The zero-order valence-corrected chi connectivity index (χ0v) is 14.6. The van der Waals surface area contributed by atoms with Gasteiger partial charge in [-0.2, -0.15) is 0 Å². The average molecular weight is 382 g/mol. The van der Waals surface area contributed by atoms with E-state index in [1.807, 2.05) is 12.1 Å². The van der Waals surface area contributed by atoms with Crippen LogP contribution in [0.5, 0.6) is 0 Å². The zero-order chi connectivity index (χ0) is 17.2. The van der Waals surface area contributed by atoms with Crippen molar-refractivity contribution in [3.63, 3.8) is 0 Å². The van der Waals surface area contributed by atoms with Gasteiger partial charge in [0.05, 0.1) is 22.1 Å². The summed E-state index contributed by atoms with van der Waals surface area (Å²) < 4.78 is 26.8. The van der Waals surface area contributed by atoms with Crippen molar-refractivity contribution >= 4 is 55.5 Å². The minimum absolute atomic E-state index is 0.0622. The summed E-state index contributed by atoms with van der Waals surface area (Å²) in [5.74, 6) is -0.487. The monoisotopic (exact) mass is 381 g/mol. The van der Waals surface area contributed by atoms with Crippen LogP contribution in [0.15, 0.2) is 52.9 Å². The number of sulfonamides is 1. The Labute approximate surface area is 147 Å². The molecule has 0 aliphatic rings. The van der Waals surface area contributed by atoms with Gasteiger partial charge in [-0.15, -0.1) is 11.3 Å². The van der Waals surface area contributed by atoms with E-state index in [4.69, 9.17) is 11.6 Å². The Balaban J connectivity index is 1.69. The van der Waals surface area contributed by atoms with Crippen LogP contribution in [0.3, 0.4) is 0 Å². The summed E-state index contributed by atoms with van der Waals surface area (Å²) in [6.45, 7) is -0.388. The van der Waals surface area contributed by atoms with Crippen LogP contribution in [0.2, 0.25) is 4.34 Å². The van der Waals surface area contributed by atoms with E-state index < -0.39 is 15.9 Å². The smallest absolute Gasteiger partial charge is 0.250 e. The quantitative estimate of drug-likeness (QED) is 0.711. The summed E-state index contributed by atoms with van der Waals surface area (Å²) in [7, 11) is -3.76. The molecule has 3 rings (SSSR count). The van der Waals surface area contributed by atoms with Gasteiger partial charge in [-0.3, -0.25) is 9.78 Å². The first-order chi connectivity index (χ1) is 11.5. The van der Waals surface area contributed by atoms with Crippen LogP contribution >= 0.6 is 22.9 Å². The van der Waals surface area contributed by atoms with Gasteiger partial charge in [-0.25, -0.2) is 13.1 Å². The minimum atomic E-state index is -3.76. The molecule has 0 radical (unpaired) electrons. The van der Waals surface area contributed by atoms with Gasteiger partial charge < -0.3 is 5.32 Å². The Hall–Kier alpha value is -2.00. The first kappa shape index (κ1) is 16.8. The number of aromatic nitrogens is 1. The molecule has 0 atom stereocenters. The number of anilines is 1. The summed E-state index contributed by atoms with van der Waals surface area (Å²) in [6, 6.07) is 11.9. The van der Waals surface area contributed by atoms with E-state index in [-0.39, 0.29) is 10.8 Å². The maximum atomic E-state index is 12.1. The Morgan fingerprint density at radius 3 is 2.71 bits per heavy atom. The second-order valence-electron chi connectivity index (χ2n) is 4.81. The predicted octanol–water partition coefficient (Wildman–Crippen LogP) is 2.87. The highest BCUT2D eigenvalue weighted by molar-refractivity contribution is 7.91. The number of fused-ring (bicyclic) bond motifs is 1. The van der Waals surface area contributed by atoms with Gasteiger partial charge in [0.15, 0.2) is 0 Å². The molecule has 1 amide bonds. The van der Waals surface area contributed by atoms with Crippen LogP contribution in [-0.4, -0.2) is 25.9 Å². The Morgan fingerprint density at radius 1 is 1.17 bits per heavy atom. The number of thiophene rings is 1. The van der Waals surface area contributed by atoms with Crippen molar-refractivity contribution in [1.82, 2.24) is 9.71 Å². The first-order valence-electron chi connectivity index (χ1n) is 6.84. The van der Waals surface area contributed by atoms with Crippen LogP contribution in [-0.2, 0) is 14.8 Å². The second kappa shape index (κ2) is 6.86. The SMILES string of the molecule is O=C(CNS(=O)(=O)c1ccc(Cl)s1)Nc1cccc2cccnc12. The molecule has 0 bridgehead atoms. The number of hydrogen-bond donors (Lipinski definition) is 2. The Bertz CT molecular complexity index is 997. The summed E-state index contributed by atoms with van der Waals surface area (Å²) >= 11 is 6.66. The van der Waals surface area contributed by atoms with E-state index >= 15 is 0 Å². The number of pyridine rings is 1. The number of carbonyl (C=O) groups excluding carboxylic acids is 1. The maximum Gasteiger partial charge on any atom is 0.250 e. The van der Waals surface area contributed by atoms with Crippen molar-refractivity contribution in [2.45, 2.75) is 4.21 Å². The number of para-hydroxylation sites is 1. The number of nitrogens with zero attached hydrogens (tertiary/aromatic N) is 1. The fourth-order valence-corrected chi connectivity index (χ4v) is 4.58. The van der Waals surface area contributed by atoms with Crippen LogP contribution in [0, 0.1) is 0 Å². The topological polar surface area (TPSA) is 88.2 Å². The number of rotatable bonds is 5. The van der Waals surface area contributed by atoms with E-state index in [9.17, 15) is 13.2 Å². The number of nitrogens with one attached hydrogen (secondary N) is 2. The highest BCUT2D eigenvalue weighted by atomic mass is 35.5. The lowest BCUT2D eigenvalue weighted by Gasteiger charge is -2.08. The molecule has 0 fully saturated rings. The third-order valence-corrected chi connectivity index (χ3v) is 6.27. The molecule has 24 heavy (non-hydrogen) atoms. The highest BCUT2D eigenvalue weighted by Gasteiger charge is 2.18. The van der Waals surface area contributed by atoms with Crippen LogP contribution in [0.25, 0.3) is 10.9 Å². The number of benzene rings is 1. The lowest BCUT2D eigenvalue weighted by molar-refractivity contribution is -0.115. The van der Waals surface area contributed by atoms with Gasteiger partial charge in [-0.05, 0) is 24.3 Å². The summed E-state index contributed by atoms with van der Waals surface area (Å²) in [4.78, 5) is 16.3. The molecule has 2 aromatic heterocycles. The molecule has 0 saturated carbocycles. The molecule has 3 aromatic rings. The van der Waals surface area contributed by atoms with E-state index in [1.54, 1.807) is 24.4 Å². The predicted molar refractivity (Wildman–Crippen MR) is 94.9 cm³/mol. The molecular weight excluding hydrogens is 370 g/mol. The molecule has 1 aromatic carbocycles. The van der Waals surface area contributed by atoms with E-state index in [0.717, 1.165) is 16.7 Å². The molecule has 9 heteroatoms. The van der Waals surface area contributed by atoms with Gasteiger partial charge >= 0.3 is 0 Å². The van der Waals surface area contributed by atoms with Crippen molar-refractivity contribution in [2.75, 3.05) is 11.9 Å². The lowest BCUT2D eigenvalue weighted by Crippen LogP contribution is -2.32. The van der Waals surface area contributed by atoms with Crippen molar-refractivity contribution < 1.29 is 13.2 Å². The van der Waals surface area contributed by atoms with Gasteiger partial charge in [-0.1, -0.05) is 29.8 Å². The van der Waals surface area contributed by atoms with Gasteiger partial charge in [0.1, 0.15) is 4.21 Å². The Kier molecular flexibility index (Phi) is 4.81. The summed E-state index contributed by atoms with van der Waals surface area (Å²) in [5, 5.41) is 3.54. The lowest BCUT2D eigenvalue weighted by atomic mass is 10.2. The van der Waals surface area contributed by atoms with E-state index in [1.165, 1.54) is 12.1 Å². The van der Waals surface area contributed by atoms with Gasteiger partial charge in [0, 0.05) is 11.6 Å². The van der Waals surface area contributed by atoms with E-state index in [2.05, 4.69) is 15.0 Å². The number of hydrogen-bond acceptors (Lipinski definition) is 5.